The molecule has 0 radical (unpaired) electrons. The third-order valence-electron chi connectivity index (χ3n) is 3.92. The summed E-state index contributed by atoms with van der Waals surface area (Å²) in [6.07, 6.45) is 0.235. The molecule has 2 aliphatic rings. The van der Waals surface area contributed by atoms with Crippen molar-refractivity contribution in [3.63, 3.8) is 0 Å². The molecule has 0 saturated carbocycles. The number of likely N-dealkylation sites (tertiary alicyclic amines) is 1. The predicted molar refractivity (Wildman–Crippen MR) is 67.8 cm³/mol. The maximum Gasteiger partial charge on any atom is 0.320 e. The third-order valence-corrected chi connectivity index (χ3v) is 3.92. The van der Waals surface area contributed by atoms with Gasteiger partial charge in [-0.05, 0) is 13.3 Å². The number of aliphatic hydroxyl groups is 1. The van der Waals surface area contributed by atoms with Crippen molar-refractivity contribution in [2.24, 2.45) is 0 Å². The lowest BCUT2D eigenvalue weighted by atomic mass is 10.2. The second-order valence-corrected chi connectivity index (χ2v) is 5.21. The van der Waals surface area contributed by atoms with E-state index >= 15 is 0 Å². The van der Waals surface area contributed by atoms with Crippen molar-refractivity contribution in [1.82, 2.24) is 14.7 Å². The van der Waals surface area contributed by atoms with Crippen molar-refractivity contribution in [3.8, 4) is 0 Å². The van der Waals surface area contributed by atoms with E-state index in [1.807, 2.05) is 4.90 Å². The van der Waals surface area contributed by atoms with Crippen LogP contribution in [0.5, 0.6) is 0 Å². The number of urea groups is 1. The number of carbonyl (C=O) groups excluding carboxylic acids is 1. The van der Waals surface area contributed by atoms with Crippen LogP contribution < -0.4 is 0 Å². The summed E-state index contributed by atoms with van der Waals surface area (Å²) in [5.74, 6) is -0.831. The molecule has 108 valence electrons. The summed E-state index contributed by atoms with van der Waals surface area (Å²) >= 11 is 0. The van der Waals surface area contributed by atoms with Gasteiger partial charge < -0.3 is 20.0 Å². The molecule has 2 amide bonds. The lowest BCUT2D eigenvalue weighted by Crippen LogP contribution is -2.55. The summed E-state index contributed by atoms with van der Waals surface area (Å²) < 4.78 is 0. The zero-order chi connectivity index (χ0) is 14.0. The summed E-state index contributed by atoms with van der Waals surface area (Å²) in [5.41, 5.74) is 0. The number of aliphatic carboxylic acids is 1. The first-order valence-corrected chi connectivity index (χ1v) is 6.68. The fourth-order valence-electron chi connectivity index (χ4n) is 2.57. The topological polar surface area (TPSA) is 84.3 Å². The van der Waals surface area contributed by atoms with Crippen LogP contribution in [0.25, 0.3) is 0 Å². The van der Waals surface area contributed by atoms with Crippen LogP contribution >= 0.6 is 0 Å². The largest absolute Gasteiger partial charge is 0.480 e. The van der Waals surface area contributed by atoms with Crippen molar-refractivity contribution in [1.29, 1.82) is 0 Å². The molecule has 0 aromatic carbocycles. The molecule has 0 spiro atoms. The van der Waals surface area contributed by atoms with Gasteiger partial charge in [-0.3, -0.25) is 9.69 Å². The van der Waals surface area contributed by atoms with Gasteiger partial charge in [-0.25, -0.2) is 4.79 Å². The Bertz CT molecular complexity index is 355. The van der Waals surface area contributed by atoms with E-state index in [2.05, 4.69) is 0 Å². The first-order valence-electron chi connectivity index (χ1n) is 6.68. The Kier molecular flexibility index (Phi) is 4.26. The Balaban J connectivity index is 1.83. The molecule has 2 aliphatic heterocycles. The van der Waals surface area contributed by atoms with Crippen molar-refractivity contribution in [3.05, 3.63) is 0 Å². The van der Waals surface area contributed by atoms with Crippen molar-refractivity contribution in [2.75, 3.05) is 39.3 Å². The maximum absolute atomic E-state index is 12.2. The number of amides is 2. The molecule has 2 rings (SSSR count). The van der Waals surface area contributed by atoms with Gasteiger partial charge in [-0.15, -0.1) is 0 Å². The van der Waals surface area contributed by atoms with Crippen LogP contribution in [0.4, 0.5) is 4.79 Å². The van der Waals surface area contributed by atoms with Gasteiger partial charge in [0.25, 0.3) is 0 Å². The van der Waals surface area contributed by atoms with Crippen molar-refractivity contribution < 1.29 is 19.8 Å². The quantitative estimate of drug-likeness (QED) is 0.691. The number of carbonyl (C=O) groups is 2. The number of aliphatic hydroxyl groups excluding tert-OH is 1. The summed E-state index contributed by atoms with van der Waals surface area (Å²) in [6.45, 7) is 4.92. The molecular formula is C12H21N3O4. The normalized spacial score (nSPS) is 26.5. The molecular weight excluding hydrogens is 250 g/mol. The minimum absolute atomic E-state index is 0.0424. The number of nitrogens with zero attached hydrogens (tertiary/aromatic N) is 3. The first-order chi connectivity index (χ1) is 8.99. The molecule has 2 unspecified atom stereocenters. The average molecular weight is 271 g/mol. The van der Waals surface area contributed by atoms with Gasteiger partial charge in [0.15, 0.2) is 0 Å². The number of carboxylic acid groups (broad SMARTS) is 1. The van der Waals surface area contributed by atoms with Crippen molar-refractivity contribution in [2.45, 2.75) is 25.5 Å². The summed E-state index contributed by atoms with van der Waals surface area (Å²) in [5, 5.41) is 18.4. The van der Waals surface area contributed by atoms with Crippen LogP contribution in [0.2, 0.25) is 0 Å². The van der Waals surface area contributed by atoms with Gasteiger partial charge in [-0.2, -0.15) is 0 Å². The molecule has 0 aromatic heterocycles. The lowest BCUT2D eigenvalue weighted by molar-refractivity contribution is -0.143. The predicted octanol–water partition coefficient (Wildman–Crippen LogP) is -0.736. The molecule has 0 aromatic rings. The van der Waals surface area contributed by atoms with Gasteiger partial charge in [-0.1, -0.05) is 0 Å². The fraction of sp³-hybridized carbons (Fsp3) is 0.833. The van der Waals surface area contributed by atoms with E-state index in [1.54, 1.807) is 16.7 Å². The monoisotopic (exact) mass is 271 g/mol. The van der Waals surface area contributed by atoms with E-state index in [-0.39, 0.29) is 6.03 Å². The smallest absolute Gasteiger partial charge is 0.320 e. The highest BCUT2D eigenvalue weighted by Gasteiger charge is 2.31. The van der Waals surface area contributed by atoms with Gasteiger partial charge in [0.1, 0.15) is 6.04 Å². The van der Waals surface area contributed by atoms with Crippen LogP contribution in [0.3, 0.4) is 0 Å². The number of β-amino-alcohol motifs (C(OH)–C–C–N with tert-alkyl or cyclic N) is 1. The van der Waals surface area contributed by atoms with Gasteiger partial charge in [0, 0.05) is 39.3 Å². The van der Waals surface area contributed by atoms with Crippen LogP contribution in [0.15, 0.2) is 0 Å². The molecule has 2 fully saturated rings. The first kappa shape index (κ1) is 14.1. The summed E-state index contributed by atoms with van der Waals surface area (Å²) in [6, 6.07) is -0.551. The molecule has 7 heteroatoms. The highest BCUT2D eigenvalue weighted by atomic mass is 16.4. The van der Waals surface area contributed by atoms with Crippen molar-refractivity contribution >= 4 is 12.0 Å². The fourth-order valence-corrected chi connectivity index (χ4v) is 2.57. The molecule has 2 N–H and O–H groups in total. The van der Waals surface area contributed by atoms with Gasteiger partial charge in [0.2, 0.25) is 0 Å². The molecule has 2 heterocycles. The van der Waals surface area contributed by atoms with E-state index in [0.717, 1.165) is 0 Å². The minimum Gasteiger partial charge on any atom is -0.480 e. The third kappa shape index (κ3) is 3.16. The van der Waals surface area contributed by atoms with Gasteiger partial charge >= 0.3 is 12.0 Å². The Morgan fingerprint density at radius 3 is 2.21 bits per heavy atom. The standard InChI is InChI=1S/C12H21N3O4/c1-9(11(17)18)13-4-6-14(7-5-13)12(19)15-3-2-10(16)8-15/h9-10,16H,2-8H2,1H3,(H,17,18). The number of piperazine rings is 1. The Hall–Kier alpha value is -1.34. The highest BCUT2D eigenvalue weighted by Crippen LogP contribution is 2.14. The number of hydrogen-bond donors (Lipinski definition) is 2. The second-order valence-electron chi connectivity index (χ2n) is 5.21. The average Bonchev–Trinajstić information content (AvgIpc) is 2.84. The van der Waals surface area contributed by atoms with E-state index in [1.165, 1.54) is 0 Å². The zero-order valence-corrected chi connectivity index (χ0v) is 11.2. The summed E-state index contributed by atoms with van der Waals surface area (Å²) in [7, 11) is 0. The number of hydrogen-bond acceptors (Lipinski definition) is 4. The van der Waals surface area contributed by atoms with Crippen LogP contribution in [0.1, 0.15) is 13.3 Å². The number of carboxylic acids is 1. The molecule has 7 nitrogen and oxygen atoms in total. The Morgan fingerprint density at radius 1 is 1.11 bits per heavy atom. The molecule has 2 saturated heterocycles. The molecule has 19 heavy (non-hydrogen) atoms. The van der Waals surface area contributed by atoms with E-state index < -0.39 is 18.1 Å². The second kappa shape index (κ2) is 5.75. The zero-order valence-electron chi connectivity index (χ0n) is 11.2. The Labute approximate surface area is 112 Å². The van der Waals surface area contributed by atoms with E-state index in [9.17, 15) is 14.7 Å². The maximum atomic E-state index is 12.2. The highest BCUT2D eigenvalue weighted by molar-refractivity contribution is 5.75. The summed E-state index contributed by atoms with van der Waals surface area (Å²) in [4.78, 5) is 28.3. The molecule has 2 atom stereocenters. The lowest BCUT2D eigenvalue weighted by Gasteiger charge is -2.38. The van der Waals surface area contributed by atoms with Crippen LogP contribution in [-0.4, -0.2) is 88.3 Å². The van der Waals surface area contributed by atoms with Crippen LogP contribution in [-0.2, 0) is 4.79 Å². The van der Waals surface area contributed by atoms with Gasteiger partial charge in [0.05, 0.1) is 6.10 Å². The molecule has 0 aliphatic carbocycles. The van der Waals surface area contributed by atoms with E-state index in [0.29, 0.717) is 45.7 Å². The minimum atomic E-state index is -0.831. The Morgan fingerprint density at radius 2 is 1.74 bits per heavy atom. The SMILES string of the molecule is CC(C(=O)O)N1CCN(C(=O)N2CCC(O)C2)CC1. The van der Waals surface area contributed by atoms with Crippen LogP contribution in [0, 0.1) is 0 Å². The van der Waals surface area contributed by atoms with E-state index in [4.69, 9.17) is 5.11 Å². The molecule has 0 bridgehead atoms. The number of rotatable bonds is 2.